The summed E-state index contributed by atoms with van der Waals surface area (Å²) in [5.74, 6) is -3.55. The predicted octanol–water partition coefficient (Wildman–Crippen LogP) is 2.84. The molecule has 106 valence electrons. The number of benzene rings is 1. The smallest absolute Gasteiger partial charge is 0.194 e. The van der Waals surface area contributed by atoms with Gasteiger partial charge in [-0.3, -0.25) is 4.90 Å². The lowest BCUT2D eigenvalue weighted by atomic mass is 9.89. The lowest BCUT2D eigenvalue weighted by molar-refractivity contribution is 0.195. The second-order valence-corrected chi connectivity index (χ2v) is 5.22. The highest BCUT2D eigenvalue weighted by atomic mass is 19.2. The van der Waals surface area contributed by atoms with Gasteiger partial charge in [0.15, 0.2) is 17.5 Å². The Balaban J connectivity index is 2.40. The van der Waals surface area contributed by atoms with Gasteiger partial charge in [0.05, 0.1) is 0 Å². The zero-order valence-corrected chi connectivity index (χ0v) is 11.0. The summed E-state index contributed by atoms with van der Waals surface area (Å²) in [6.45, 7) is 1.30. The Morgan fingerprint density at radius 1 is 1.21 bits per heavy atom. The Bertz CT molecular complexity index is 427. The van der Waals surface area contributed by atoms with Crippen molar-refractivity contribution in [2.75, 3.05) is 20.1 Å². The first-order valence-corrected chi connectivity index (χ1v) is 6.59. The van der Waals surface area contributed by atoms with E-state index in [1.165, 1.54) is 0 Å². The van der Waals surface area contributed by atoms with Crippen molar-refractivity contribution in [1.82, 2.24) is 4.90 Å². The maximum absolute atomic E-state index is 13.4. The minimum absolute atomic E-state index is 0.136. The lowest BCUT2D eigenvalue weighted by Gasteiger charge is -2.32. The van der Waals surface area contributed by atoms with Crippen molar-refractivity contribution in [2.24, 2.45) is 11.7 Å². The number of halogens is 3. The first kappa shape index (κ1) is 14.3. The molecule has 0 aromatic heterocycles. The second kappa shape index (κ2) is 5.92. The minimum Gasteiger partial charge on any atom is -0.330 e. The Morgan fingerprint density at radius 3 is 2.42 bits per heavy atom. The molecule has 1 fully saturated rings. The fourth-order valence-electron chi connectivity index (χ4n) is 2.94. The maximum atomic E-state index is 13.4. The van der Waals surface area contributed by atoms with Crippen molar-refractivity contribution in [3.63, 3.8) is 0 Å². The SMILES string of the molecule is CN1CCCCC(CN)C1c1cc(F)c(F)c(F)c1. The molecule has 1 aliphatic rings. The summed E-state index contributed by atoms with van der Waals surface area (Å²) in [6, 6.07) is 2.03. The normalized spacial score (nSPS) is 25.3. The Kier molecular flexibility index (Phi) is 4.47. The molecular formula is C14H19F3N2. The summed E-state index contributed by atoms with van der Waals surface area (Å²) < 4.78 is 39.8. The predicted molar refractivity (Wildman–Crippen MR) is 68.1 cm³/mol. The van der Waals surface area contributed by atoms with E-state index in [2.05, 4.69) is 4.90 Å². The number of nitrogens with zero attached hydrogens (tertiary/aromatic N) is 1. The van der Waals surface area contributed by atoms with E-state index in [-0.39, 0.29) is 12.0 Å². The van der Waals surface area contributed by atoms with Crippen LogP contribution in [0.5, 0.6) is 0 Å². The number of nitrogens with two attached hydrogens (primary N) is 1. The van der Waals surface area contributed by atoms with Crippen molar-refractivity contribution < 1.29 is 13.2 Å². The maximum Gasteiger partial charge on any atom is 0.194 e. The summed E-state index contributed by atoms with van der Waals surface area (Å²) in [7, 11) is 1.91. The van der Waals surface area contributed by atoms with Gasteiger partial charge in [-0.05, 0) is 56.6 Å². The molecule has 0 saturated carbocycles. The fourth-order valence-corrected chi connectivity index (χ4v) is 2.94. The molecule has 1 aliphatic heterocycles. The van der Waals surface area contributed by atoms with Crippen LogP contribution in [0.3, 0.4) is 0 Å². The van der Waals surface area contributed by atoms with Gasteiger partial charge >= 0.3 is 0 Å². The number of hydrogen-bond donors (Lipinski definition) is 1. The molecule has 1 heterocycles. The van der Waals surface area contributed by atoms with Crippen molar-refractivity contribution >= 4 is 0 Å². The van der Waals surface area contributed by atoms with Gasteiger partial charge in [0.25, 0.3) is 0 Å². The molecule has 2 unspecified atom stereocenters. The summed E-state index contributed by atoms with van der Waals surface area (Å²) in [5, 5.41) is 0. The third-order valence-electron chi connectivity index (χ3n) is 3.91. The van der Waals surface area contributed by atoms with E-state index in [0.29, 0.717) is 12.1 Å². The van der Waals surface area contributed by atoms with Gasteiger partial charge in [0.2, 0.25) is 0 Å². The molecule has 0 aliphatic carbocycles. The number of hydrogen-bond acceptors (Lipinski definition) is 2. The third-order valence-corrected chi connectivity index (χ3v) is 3.91. The molecule has 0 radical (unpaired) electrons. The third kappa shape index (κ3) is 2.92. The van der Waals surface area contributed by atoms with Crippen LogP contribution < -0.4 is 5.73 Å². The zero-order chi connectivity index (χ0) is 14.0. The Morgan fingerprint density at radius 2 is 1.84 bits per heavy atom. The standard InChI is InChI=1S/C14H19F3N2/c1-19-5-3-2-4-9(8-18)14(19)10-6-11(15)13(17)12(16)7-10/h6-7,9,14H,2-5,8,18H2,1H3. The van der Waals surface area contributed by atoms with Crippen LogP contribution in [0.1, 0.15) is 30.9 Å². The van der Waals surface area contributed by atoms with Crippen LogP contribution in [0.15, 0.2) is 12.1 Å². The molecule has 1 saturated heterocycles. The van der Waals surface area contributed by atoms with Crippen LogP contribution in [0.25, 0.3) is 0 Å². The van der Waals surface area contributed by atoms with E-state index >= 15 is 0 Å². The molecule has 0 spiro atoms. The molecule has 2 N–H and O–H groups in total. The number of likely N-dealkylation sites (tertiary alicyclic amines) is 1. The number of rotatable bonds is 2. The van der Waals surface area contributed by atoms with Gasteiger partial charge < -0.3 is 5.73 Å². The monoisotopic (exact) mass is 272 g/mol. The highest BCUT2D eigenvalue weighted by molar-refractivity contribution is 5.24. The summed E-state index contributed by atoms with van der Waals surface area (Å²) in [5.41, 5.74) is 6.25. The van der Waals surface area contributed by atoms with Crippen molar-refractivity contribution in [3.05, 3.63) is 35.1 Å². The van der Waals surface area contributed by atoms with E-state index in [1.54, 1.807) is 0 Å². The lowest BCUT2D eigenvalue weighted by Crippen LogP contribution is -2.33. The summed E-state index contributed by atoms with van der Waals surface area (Å²) >= 11 is 0. The van der Waals surface area contributed by atoms with Gasteiger partial charge in [-0.1, -0.05) is 6.42 Å². The molecule has 1 aromatic carbocycles. The quantitative estimate of drug-likeness (QED) is 0.839. The topological polar surface area (TPSA) is 29.3 Å². The zero-order valence-electron chi connectivity index (χ0n) is 11.0. The summed E-state index contributed by atoms with van der Waals surface area (Å²) in [4.78, 5) is 2.05. The van der Waals surface area contributed by atoms with E-state index < -0.39 is 17.5 Å². The molecular weight excluding hydrogens is 253 g/mol. The molecule has 5 heteroatoms. The summed E-state index contributed by atoms with van der Waals surface area (Å²) in [6.07, 6.45) is 3.01. The van der Waals surface area contributed by atoms with E-state index in [9.17, 15) is 13.2 Å². The molecule has 19 heavy (non-hydrogen) atoms. The highest BCUT2D eigenvalue weighted by Gasteiger charge is 2.29. The fraction of sp³-hybridized carbons (Fsp3) is 0.571. The minimum atomic E-state index is -1.41. The molecule has 0 amide bonds. The molecule has 1 aromatic rings. The largest absolute Gasteiger partial charge is 0.330 e. The second-order valence-electron chi connectivity index (χ2n) is 5.22. The van der Waals surface area contributed by atoms with Crippen LogP contribution in [0, 0.1) is 23.4 Å². The van der Waals surface area contributed by atoms with E-state index in [4.69, 9.17) is 5.73 Å². The Labute approximate surface area is 111 Å². The van der Waals surface area contributed by atoms with Crippen LogP contribution in [0.4, 0.5) is 13.2 Å². The first-order valence-electron chi connectivity index (χ1n) is 6.59. The van der Waals surface area contributed by atoms with E-state index in [0.717, 1.165) is 37.9 Å². The van der Waals surface area contributed by atoms with Gasteiger partial charge in [-0.15, -0.1) is 0 Å². The van der Waals surface area contributed by atoms with Gasteiger partial charge in [-0.2, -0.15) is 0 Å². The highest BCUT2D eigenvalue weighted by Crippen LogP contribution is 2.34. The first-order chi connectivity index (χ1) is 9.04. The van der Waals surface area contributed by atoms with Gasteiger partial charge in [0.1, 0.15) is 0 Å². The van der Waals surface area contributed by atoms with Crippen LogP contribution in [-0.2, 0) is 0 Å². The molecule has 2 nitrogen and oxygen atoms in total. The average molecular weight is 272 g/mol. The van der Waals surface area contributed by atoms with Gasteiger partial charge in [-0.25, -0.2) is 13.2 Å². The molecule has 2 rings (SSSR count). The molecule has 0 bridgehead atoms. The van der Waals surface area contributed by atoms with Gasteiger partial charge in [0, 0.05) is 6.04 Å². The Hall–Kier alpha value is -1.07. The van der Waals surface area contributed by atoms with Crippen molar-refractivity contribution in [1.29, 1.82) is 0 Å². The van der Waals surface area contributed by atoms with Crippen LogP contribution in [-0.4, -0.2) is 25.0 Å². The molecule has 2 atom stereocenters. The van der Waals surface area contributed by atoms with Crippen molar-refractivity contribution in [2.45, 2.75) is 25.3 Å². The average Bonchev–Trinajstić information content (AvgIpc) is 2.56. The van der Waals surface area contributed by atoms with Crippen LogP contribution >= 0.6 is 0 Å². The van der Waals surface area contributed by atoms with Crippen molar-refractivity contribution in [3.8, 4) is 0 Å². The van der Waals surface area contributed by atoms with E-state index in [1.807, 2.05) is 7.05 Å². The van der Waals surface area contributed by atoms with Crippen LogP contribution in [0.2, 0.25) is 0 Å².